The number of amides is 1. The van der Waals surface area contributed by atoms with Crippen LogP contribution in [0, 0.1) is 0 Å². The molecule has 4 rings (SSSR count). The molecule has 6 nitrogen and oxygen atoms in total. The summed E-state index contributed by atoms with van der Waals surface area (Å²) in [6, 6.07) is 18.8. The van der Waals surface area contributed by atoms with Gasteiger partial charge in [-0.1, -0.05) is 30.3 Å². The van der Waals surface area contributed by atoms with Crippen molar-refractivity contribution in [2.24, 2.45) is 0 Å². The molecule has 1 aliphatic rings. The predicted molar refractivity (Wildman–Crippen MR) is 123 cm³/mol. The third-order valence-corrected chi connectivity index (χ3v) is 5.70. The highest BCUT2D eigenvalue weighted by Gasteiger charge is 2.18. The standard InChI is InChI=1S/C25H27N3O3/c29-22-14-18-28(17-13-19-7-3-1-4-8-19)25(31)23(22)24(30)26-20-9-11-21(12-10-20)27-15-5-2-6-16-27/h1,3-4,7-12,14,18,29H,2,5-6,13,15-17H2,(H,26,30). The molecule has 2 aromatic carbocycles. The molecule has 0 aliphatic carbocycles. The summed E-state index contributed by atoms with van der Waals surface area (Å²) in [7, 11) is 0. The van der Waals surface area contributed by atoms with E-state index in [9.17, 15) is 14.7 Å². The van der Waals surface area contributed by atoms with Gasteiger partial charge in [0.25, 0.3) is 11.5 Å². The first kappa shape index (κ1) is 20.7. The number of aromatic nitrogens is 1. The summed E-state index contributed by atoms with van der Waals surface area (Å²) in [5.41, 5.74) is 2.07. The zero-order valence-corrected chi connectivity index (χ0v) is 17.5. The number of nitrogens with zero attached hydrogens (tertiary/aromatic N) is 2. The number of piperidine rings is 1. The molecule has 1 fully saturated rings. The van der Waals surface area contributed by atoms with E-state index in [0.29, 0.717) is 18.7 Å². The van der Waals surface area contributed by atoms with Gasteiger partial charge in [-0.3, -0.25) is 9.59 Å². The monoisotopic (exact) mass is 417 g/mol. The van der Waals surface area contributed by atoms with E-state index in [1.807, 2.05) is 54.6 Å². The van der Waals surface area contributed by atoms with Crippen molar-refractivity contribution < 1.29 is 9.90 Å². The van der Waals surface area contributed by atoms with Crippen molar-refractivity contribution >= 4 is 17.3 Å². The molecule has 1 aliphatic heterocycles. The number of pyridine rings is 1. The van der Waals surface area contributed by atoms with Crippen LogP contribution < -0.4 is 15.8 Å². The molecule has 0 bridgehead atoms. The fourth-order valence-electron chi connectivity index (χ4n) is 3.95. The lowest BCUT2D eigenvalue weighted by molar-refractivity contribution is 0.102. The molecule has 6 heteroatoms. The van der Waals surface area contributed by atoms with Crippen LogP contribution in [0.3, 0.4) is 0 Å². The second-order valence-corrected chi connectivity index (χ2v) is 7.86. The van der Waals surface area contributed by atoms with Crippen LogP contribution in [0.15, 0.2) is 71.7 Å². The first-order chi connectivity index (χ1) is 15.1. The fraction of sp³-hybridized carbons (Fsp3) is 0.280. The minimum atomic E-state index is -0.609. The van der Waals surface area contributed by atoms with Gasteiger partial charge in [0.05, 0.1) is 0 Å². The Morgan fingerprint density at radius 1 is 0.935 bits per heavy atom. The largest absolute Gasteiger partial charge is 0.507 e. The second-order valence-electron chi connectivity index (χ2n) is 7.86. The fourth-order valence-corrected chi connectivity index (χ4v) is 3.95. The van der Waals surface area contributed by atoms with Gasteiger partial charge in [0.15, 0.2) is 0 Å². The van der Waals surface area contributed by atoms with Crippen LogP contribution in [-0.4, -0.2) is 28.7 Å². The zero-order chi connectivity index (χ0) is 21.6. The van der Waals surface area contributed by atoms with E-state index in [0.717, 1.165) is 24.3 Å². The van der Waals surface area contributed by atoms with Crippen LogP contribution in [-0.2, 0) is 13.0 Å². The Bertz CT molecular complexity index is 1090. The minimum Gasteiger partial charge on any atom is -0.507 e. The molecule has 2 heterocycles. The molecule has 2 N–H and O–H groups in total. The maximum absolute atomic E-state index is 12.8. The van der Waals surface area contributed by atoms with Gasteiger partial charge in [-0.25, -0.2) is 0 Å². The van der Waals surface area contributed by atoms with Gasteiger partial charge in [-0.05, 0) is 61.6 Å². The number of aryl methyl sites for hydroxylation is 2. The second kappa shape index (κ2) is 9.51. The molecule has 1 amide bonds. The lowest BCUT2D eigenvalue weighted by Gasteiger charge is -2.28. The molecule has 1 saturated heterocycles. The van der Waals surface area contributed by atoms with Gasteiger partial charge in [0.1, 0.15) is 11.3 Å². The highest BCUT2D eigenvalue weighted by atomic mass is 16.3. The normalized spacial score (nSPS) is 13.7. The Morgan fingerprint density at radius 3 is 2.35 bits per heavy atom. The highest BCUT2D eigenvalue weighted by Crippen LogP contribution is 2.22. The average molecular weight is 418 g/mol. The van der Waals surface area contributed by atoms with Crippen LogP contribution in [0.2, 0.25) is 0 Å². The van der Waals surface area contributed by atoms with Gasteiger partial charge >= 0.3 is 0 Å². The Balaban J connectivity index is 1.47. The summed E-state index contributed by atoms with van der Waals surface area (Å²) < 4.78 is 1.46. The molecule has 0 atom stereocenters. The third-order valence-electron chi connectivity index (χ3n) is 5.70. The number of carbonyl (C=O) groups excluding carboxylic acids is 1. The number of benzene rings is 2. The maximum atomic E-state index is 12.8. The van der Waals surface area contributed by atoms with E-state index in [1.165, 1.54) is 36.1 Å². The third kappa shape index (κ3) is 4.97. The number of hydrogen-bond donors (Lipinski definition) is 2. The van der Waals surface area contributed by atoms with E-state index in [-0.39, 0.29) is 11.3 Å². The van der Waals surface area contributed by atoms with E-state index >= 15 is 0 Å². The molecule has 3 aromatic rings. The van der Waals surface area contributed by atoms with Crippen LogP contribution in [0.5, 0.6) is 5.75 Å². The SMILES string of the molecule is O=C(Nc1ccc(N2CCCCC2)cc1)c1c(O)ccn(CCc2ccccc2)c1=O. The molecule has 0 spiro atoms. The van der Waals surface area contributed by atoms with E-state index in [4.69, 9.17) is 0 Å². The summed E-state index contributed by atoms with van der Waals surface area (Å²) in [5.74, 6) is -0.925. The van der Waals surface area contributed by atoms with Crippen molar-refractivity contribution in [1.29, 1.82) is 0 Å². The molecule has 0 unspecified atom stereocenters. The summed E-state index contributed by atoms with van der Waals surface area (Å²) in [6.07, 6.45) is 5.84. The van der Waals surface area contributed by atoms with Crippen molar-refractivity contribution in [2.75, 3.05) is 23.3 Å². The zero-order valence-electron chi connectivity index (χ0n) is 17.5. The molecule has 0 saturated carbocycles. The van der Waals surface area contributed by atoms with Crippen LogP contribution in [0.4, 0.5) is 11.4 Å². The van der Waals surface area contributed by atoms with Crippen molar-refractivity contribution in [3.8, 4) is 5.75 Å². The highest BCUT2D eigenvalue weighted by molar-refractivity contribution is 6.05. The van der Waals surface area contributed by atoms with Crippen molar-refractivity contribution in [3.05, 3.63) is 88.3 Å². The summed E-state index contributed by atoms with van der Waals surface area (Å²) in [6.45, 7) is 2.52. The van der Waals surface area contributed by atoms with Crippen LogP contribution in [0.1, 0.15) is 35.2 Å². The van der Waals surface area contributed by atoms with Gasteiger partial charge in [-0.15, -0.1) is 0 Å². The topological polar surface area (TPSA) is 74.6 Å². The van der Waals surface area contributed by atoms with E-state index in [2.05, 4.69) is 10.2 Å². The summed E-state index contributed by atoms with van der Waals surface area (Å²) >= 11 is 0. The van der Waals surface area contributed by atoms with E-state index in [1.54, 1.807) is 0 Å². The summed E-state index contributed by atoms with van der Waals surface area (Å²) in [4.78, 5) is 27.9. The van der Waals surface area contributed by atoms with Gasteiger partial charge < -0.3 is 19.9 Å². The van der Waals surface area contributed by atoms with E-state index < -0.39 is 11.5 Å². The molecule has 1 aromatic heterocycles. The van der Waals surface area contributed by atoms with Crippen molar-refractivity contribution in [2.45, 2.75) is 32.2 Å². The average Bonchev–Trinajstić information content (AvgIpc) is 2.80. The minimum absolute atomic E-state index is 0.240. The molecular weight excluding hydrogens is 390 g/mol. The van der Waals surface area contributed by atoms with Gasteiger partial charge in [-0.2, -0.15) is 0 Å². The van der Waals surface area contributed by atoms with Gasteiger partial charge in [0.2, 0.25) is 0 Å². The molecular formula is C25H27N3O3. The van der Waals surface area contributed by atoms with Gasteiger partial charge in [0, 0.05) is 37.2 Å². The first-order valence-corrected chi connectivity index (χ1v) is 10.7. The number of rotatable bonds is 6. The Hall–Kier alpha value is -3.54. The smallest absolute Gasteiger partial charge is 0.267 e. The molecule has 0 radical (unpaired) electrons. The number of hydrogen-bond acceptors (Lipinski definition) is 4. The van der Waals surface area contributed by atoms with Crippen molar-refractivity contribution in [3.63, 3.8) is 0 Å². The number of carbonyl (C=O) groups is 1. The first-order valence-electron chi connectivity index (χ1n) is 10.7. The number of nitrogens with one attached hydrogen (secondary N) is 1. The number of anilines is 2. The lowest BCUT2D eigenvalue weighted by Crippen LogP contribution is -2.30. The Morgan fingerprint density at radius 2 is 1.65 bits per heavy atom. The number of aromatic hydroxyl groups is 1. The Labute approximate surface area is 181 Å². The Kier molecular flexibility index (Phi) is 6.36. The molecule has 160 valence electrons. The molecule has 31 heavy (non-hydrogen) atoms. The van der Waals surface area contributed by atoms with Crippen molar-refractivity contribution in [1.82, 2.24) is 4.57 Å². The summed E-state index contributed by atoms with van der Waals surface area (Å²) in [5, 5.41) is 12.9. The van der Waals surface area contributed by atoms with Crippen LogP contribution in [0.25, 0.3) is 0 Å². The maximum Gasteiger partial charge on any atom is 0.267 e. The lowest BCUT2D eigenvalue weighted by atomic mass is 10.1. The quantitative estimate of drug-likeness (QED) is 0.635. The predicted octanol–water partition coefficient (Wildman–Crippen LogP) is 4.04. The van der Waals surface area contributed by atoms with Crippen LogP contribution >= 0.6 is 0 Å².